The van der Waals surface area contributed by atoms with Crippen molar-refractivity contribution in [2.75, 3.05) is 26.6 Å². The van der Waals surface area contributed by atoms with E-state index in [-0.39, 0.29) is 68.5 Å². The molecule has 11 heteroatoms. The smallest absolute Gasteiger partial charge is 0.239 e. The van der Waals surface area contributed by atoms with Crippen LogP contribution in [0.2, 0.25) is 0 Å². The van der Waals surface area contributed by atoms with Crippen LogP contribution in [-0.4, -0.2) is 75.9 Å². The molecule has 3 N–H and O–H groups in total. The third-order valence-electron chi connectivity index (χ3n) is 11.5. The highest BCUT2D eigenvalue weighted by Gasteiger charge is 2.66. The molecule has 2 aromatic rings. The molecule has 6 unspecified atom stereocenters. The van der Waals surface area contributed by atoms with E-state index in [2.05, 4.69) is 12.7 Å². The summed E-state index contributed by atoms with van der Waals surface area (Å²) in [5.41, 5.74) is 2.92. The molecule has 0 aromatic heterocycles. The molecule has 0 saturated heterocycles. The Hall–Kier alpha value is -4.06. The summed E-state index contributed by atoms with van der Waals surface area (Å²) >= 11 is 0. The van der Waals surface area contributed by atoms with Gasteiger partial charge in [-0.3, -0.25) is 4.79 Å². The summed E-state index contributed by atoms with van der Waals surface area (Å²) in [7, 11) is 0. The van der Waals surface area contributed by atoms with E-state index in [0.717, 1.165) is 60.9 Å². The molecule has 292 valence electrons. The number of rotatable bonds is 16. The summed E-state index contributed by atoms with van der Waals surface area (Å²) in [6.45, 7) is 10.8. The lowest BCUT2D eigenvalue weighted by molar-refractivity contribution is -0.258. The number of aromatic hydroxyl groups is 1. The Kier molecular flexibility index (Phi) is 11.3. The fourth-order valence-electron chi connectivity index (χ4n) is 8.99. The zero-order chi connectivity index (χ0) is 38.0. The number of fused-ring (bicyclic) bond motifs is 3. The third kappa shape index (κ3) is 7.72. The Morgan fingerprint density at radius 1 is 1.02 bits per heavy atom. The highest BCUT2D eigenvalue weighted by atomic mass is 16.7. The van der Waals surface area contributed by atoms with Gasteiger partial charge in [0.1, 0.15) is 23.1 Å². The highest BCUT2D eigenvalue weighted by Crippen LogP contribution is 2.62. The van der Waals surface area contributed by atoms with Gasteiger partial charge >= 0.3 is 0 Å². The number of unbranched alkanes of at least 4 members (excludes halogenated alkanes) is 2. The zero-order valence-corrected chi connectivity index (χ0v) is 31.9. The molecule has 6 atom stereocenters. The molecule has 2 saturated carbocycles. The molecule has 3 aliphatic carbocycles. The lowest BCUT2D eigenvalue weighted by Crippen LogP contribution is -2.70. The predicted octanol–water partition coefficient (Wildman–Crippen LogP) is 6.99. The van der Waals surface area contributed by atoms with Crippen LogP contribution < -0.4 is 14.2 Å². The lowest BCUT2D eigenvalue weighted by Gasteiger charge is -2.60. The van der Waals surface area contributed by atoms with Gasteiger partial charge in [-0.05, 0) is 113 Å². The average Bonchev–Trinajstić information content (AvgIpc) is 3.90. The second-order valence-corrected chi connectivity index (χ2v) is 16.4. The van der Waals surface area contributed by atoms with Crippen LogP contribution in [0.3, 0.4) is 0 Å². The van der Waals surface area contributed by atoms with E-state index in [1.165, 1.54) is 0 Å². The molecular weight excluding hydrogens is 688 g/mol. The van der Waals surface area contributed by atoms with Gasteiger partial charge in [-0.25, -0.2) is 0 Å². The van der Waals surface area contributed by atoms with Crippen LogP contribution in [0, 0.1) is 23.7 Å². The molecule has 0 spiro atoms. The SMILES string of the molecule is C=CCOC12Oc3ccc(O)cc3C3C(CCCCO)C(CCCCO)C=C(C(=NOC(C)(C)C)CC1N(Cc1ccc4c(c1)OCO4)C(=O)C1CC1)C32. The number of aliphatic hydroxyl groups is 2. The van der Waals surface area contributed by atoms with Crippen LogP contribution in [0.4, 0.5) is 0 Å². The fourth-order valence-corrected chi connectivity index (χ4v) is 8.99. The number of phenols is 1. The largest absolute Gasteiger partial charge is 0.508 e. The summed E-state index contributed by atoms with van der Waals surface area (Å²) < 4.78 is 25.6. The Balaban J connectivity index is 1.44. The highest BCUT2D eigenvalue weighted by molar-refractivity contribution is 6.03. The number of aliphatic hydroxyl groups excluding tert-OH is 2. The number of carbonyl (C=O) groups excluding carboxylic acids is 1. The van der Waals surface area contributed by atoms with E-state index in [0.29, 0.717) is 36.5 Å². The first-order valence-electron chi connectivity index (χ1n) is 19.7. The number of hydrogen-bond acceptors (Lipinski definition) is 10. The van der Waals surface area contributed by atoms with Crippen LogP contribution in [0.15, 0.2) is 65.9 Å². The van der Waals surface area contributed by atoms with Gasteiger partial charge in [-0.1, -0.05) is 36.2 Å². The Morgan fingerprint density at radius 2 is 1.76 bits per heavy atom. The van der Waals surface area contributed by atoms with Crippen molar-refractivity contribution in [3.8, 4) is 23.0 Å². The molecule has 0 bridgehead atoms. The van der Waals surface area contributed by atoms with E-state index in [4.69, 9.17) is 28.9 Å². The maximum atomic E-state index is 14.7. The summed E-state index contributed by atoms with van der Waals surface area (Å²) in [6, 6.07) is 10.4. The van der Waals surface area contributed by atoms with Crippen LogP contribution >= 0.6 is 0 Å². The Morgan fingerprint density at radius 3 is 2.48 bits per heavy atom. The van der Waals surface area contributed by atoms with Crippen LogP contribution in [-0.2, 0) is 20.9 Å². The van der Waals surface area contributed by atoms with Gasteiger partial charge in [0.15, 0.2) is 11.5 Å². The van der Waals surface area contributed by atoms with Gasteiger partial charge in [0.2, 0.25) is 18.5 Å². The van der Waals surface area contributed by atoms with Crippen molar-refractivity contribution in [1.82, 2.24) is 4.90 Å². The zero-order valence-electron chi connectivity index (χ0n) is 31.9. The summed E-state index contributed by atoms with van der Waals surface area (Å²) in [5, 5.41) is 35.5. The van der Waals surface area contributed by atoms with Gasteiger partial charge in [0, 0.05) is 43.6 Å². The minimum Gasteiger partial charge on any atom is -0.508 e. The molecule has 11 nitrogen and oxygen atoms in total. The summed E-state index contributed by atoms with van der Waals surface area (Å²) in [5.74, 6) is 0.189. The Bertz CT molecular complexity index is 1750. The molecule has 2 aromatic carbocycles. The Labute approximate surface area is 318 Å². The second kappa shape index (κ2) is 16.0. The standard InChI is InChI=1S/C43H56N2O9/c1-5-20-52-43-38(45(41(49)28-13-14-28)25-27-12-16-36-37(21-27)51-26-50-36)24-34(44-54-42(2,3)4)32-22-29(10-6-8-18-46)31(11-7-9-19-47)39(40(32)43)33-23-30(48)15-17-35(33)53-43/h5,12,15-17,21-23,28-29,31,38-40,46-48H,1,6-11,13-14,18-20,24-26H2,2-4H3. The van der Waals surface area contributed by atoms with Gasteiger partial charge in [-0.15, -0.1) is 6.58 Å². The lowest BCUT2D eigenvalue weighted by atomic mass is 9.55. The number of phenolic OH excluding ortho intramolecular Hbond substituents is 1. The van der Waals surface area contributed by atoms with Crippen molar-refractivity contribution in [3.05, 3.63) is 71.8 Å². The number of carbonyl (C=O) groups is 1. The molecular formula is C43H56N2O9. The summed E-state index contributed by atoms with van der Waals surface area (Å²) in [6.07, 6.45) is 10.7. The van der Waals surface area contributed by atoms with E-state index in [1.54, 1.807) is 12.1 Å². The van der Waals surface area contributed by atoms with Crippen LogP contribution in [0.5, 0.6) is 23.0 Å². The normalized spacial score (nSPS) is 27.4. The molecule has 2 heterocycles. The van der Waals surface area contributed by atoms with Crippen molar-refractivity contribution in [1.29, 1.82) is 0 Å². The molecule has 7 rings (SSSR count). The van der Waals surface area contributed by atoms with Crippen molar-refractivity contribution in [2.45, 2.75) is 108 Å². The minimum absolute atomic E-state index is 0.0385. The first kappa shape index (κ1) is 38.2. The number of ether oxygens (including phenoxy) is 4. The minimum atomic E-state index is -1.36. The second-order valence-electron chi connectivity index (χ2n) is 16.4. The van der Waals surface area contributed by atoms with Crippen molar-refractivity contribution >= 4 is 11.6 Å². The predicted molar refractivity (Wildman–Crippen MR) is 203 cm³/mol. The maximum absolute atomic E-state index is 14.7. The number of benzene rings is 2. The number of nitrogens with zero attached hydrogens (tertiary/aromatic N) is 2. The monoisotopic (exact) mass is 744 g/mol. The van der Waals surface area contributed by atoms with E-state index in [9.17, 15) is 20.1 Å². The average molecular weight is 745 g/mol. The van der Waals surface area contributed by atoms with E-state index in [1.807, 2.05) is 56.0 Å². The van der Waals surface area contributed by atoms with Gasteiger partial charge in [0.05, 0.1) is 18.2 Å². The number of amides is 1. The molecule has 5 aliphatic rings. The number of hydrogen-bond donors (Lipinski definition) is 3. The van der Waals surface area contributed by atoms with Gasteiger partial charge < -0.3 is 44.0 Å². The molecule has 2 aliphatic heterocycles. The molecule has 54 heavy (non-hydrogen) atoms. The van der Waals surface area contributed by atoms with E-state index >= 15 is 0 Å². The fraction of sp³-hybridized carbons (Fsp3) is 0.581. The van der Waals surface area contributed by atoms with Gasteiger partial charge in [-0.2, -0.15) is 0 Å². The maximum Gasteiger partial charge on any atom is 0.239 e. The summed E-state index contributed by atoms with van der Waals surface area (Å²) in [4.78, 5) is 22.9. The van der Waals surface area contributed by atoms with Crippen molar-refractivity contribution in [2.24, 2.45) is 28.8 Å². The van der Waals surface area contributed by atoms with Crippen LogP contribution in [0.25, 0.3) is 0 Å². The first-order valence-corrected chi connectivity index (χ1v) is 19.7. The van der Waals surface area contributed by atoms with Crippen LogP contribution in [0.1, 0.15) is 95.6 Å². The molecule has 1 amide bonds. The van der Waals surface area contributed by atoms with Gasteiger partial charge in [0.25, 0.3) is 0 Å². The van der Waals surface area contributed by atoms with E-state index < -0.39 is 23.3 Å². The van der Waals surface area contributed by atoms with Crippen molar-refractivity contribution < 1.29 is 43.9 Å². The number of oxime groups is 1. The topological polar surface area (TPSA) is 140 Å². The quantitative estimate of drug-likeness (QED) is 0.0943. The van der Waals surface area contributed by atoms with Crippen molar-refractivity contribution in [3.63, 3.8) is 0 Å². The first-order chi connectivity index (χ1) is 26.1. The molecule has 0 radical (unpaired) electrons. The third-order valence-corrected chi connectivity index (χ3v) is 11.5. The number of allylic oxidation sites excluding steroid dienone is 1. The molecule has 2 fully saturated rings.